The second kappa shape index (κ2) is 8.68. The zero-order valence-electron chi connectivity index (χ0n) is 16.9. The number of nitrogens with one attached hydrogen (secondary N) is 1. The van der Waals surface area contributed by atoms with E-state index in [0.29, 0.717) is 22.0 Å². The Labute approximate surface area is 187 Å². The summed E-state index contributed by atoms with van der Waals surface area (Å²) in [6.45, 7) is 1.21. The lowest BCUT2D eigenvalue weighted by atomic mass is 10.1. The Kier molecular flexibility index (Phi) is 5.79. The fourth-order valence-electron chi connectivity index (χ4n) is 3.26. The molecule has 8 nitrogen and oxygen atoms in total. The van der Waals surface area contributed by atoms with Crippen molar-refractivity contribution < 1.29 is 28.3 Å². The molecule has 162 valence electrons. The lowest BCUT2D eigenvalue weighted by molar-refractivity contribution is -0.119. The van der Waals surface area contributed by atoms with E-state index in [2.05, 4.69) is 5.32 Å². The minimum Gasteiger partial charge on any atom is -0.467 e. The lowest BCUT2D eigenvalue weighted by Crippen LogP contribution is -2.28. The maximum absolute atomic E-state index is 12.7. The molecule has 1 aliphatic heterocycles. The van der Waals surface area contributed by atoms with Crippen molar-refractivity contribution >= 4 is 41.0 Å². The van der Waals surface area contributed by atoms with Crippen LogP contribution in [0.4, 0.5) is 5.69 Å². The zero-order valence-corrected chi connectivity index (χ0v) is 17.6. The summed E-state index contributed by atoms with van der Waals surface area (Å²) in [5.74, 6) is -1.89. The van der Waals surface area contributed by atoms with Crippen LogP contribution in [0.25, 0.3) is 0 Å². The number of fused-ring (bicyclic) bond motifs is 1. The van der Waals surface area contributed by atoms with E-state index >= 15 is 0 Å². The number of nitrogens with zero attached hydrogens (tertiary/aromatic N) is 1. The molecule has 0 spiro atoms. The average molecular weight is 453 g/mol. The number of amides is 3. The largest absolute Gasteiger partial charge is 0.467 e. The fourth-order valence-corrected chi connectivity index (χ4v) is 3.44. The highest BCUT2D eigenvalue weighted by atomic mass is 35.5. The summed E-state index contributed by atoms with van der Waals surface area (Å²) >= 11 is 6.03. The standard InChI is InChI=1S/C23H17ClN2O6/c1-13-18(24)5-2-6-19(13)25-20(27)12-32-23(30)14-7-8-16-17(10-14)22(29)26(21(16)28)11-15-4-3-9-31-15/h2-10H,11-12H2,1H3,(H,25,27). The van der Waals surface area contributed by atoms with Crippen molar-refractivity contribution in [3.63, 3.8) is 0 Å². The summed E-state index contributed by atoms with van der Waals surface area (Å²) in [4.78, 5) is 50.8. The molecule has 9 heteroatoms. The van der Waals surface area contributed by atoms with Crippen LogP contribution in [-0.4, -0.2) is 35.2 Å². The van der Waals surface area contributed by atoms with Gasteiger partial charge in [0.05, 0.1) is 29.5 Å². The first kappa shape index (κ1) is 21.3. The molecule has 2 aromatic carbocycles. The first-order valence-electron chi connectivity index (χ1n) is 9.60. The van der Waals surface area contributed by atoms with Gasteiger partial charge in [-0.1, -0.05) is 17.7 Å². The summed E-state index contributed by atoms with van der Waals surface area (Å²) in [6, 6.07) is 12.4. The number of esters is 1. The molecule has 4 rings (SSSR count). The molecule has 0 aliphatic carbocycles. The Balaban J connectivity index is 1.41. The summed E-state index contributed by atoms with van der Waals surface area (Å²) in [6.07, 6.45) is 1.45. The first-order valence-corrected chi connectivity index (χ1v) is 9.97. The summed E-state index contributed by atoms with van der Waals surface area (Å²) in [5.41, 5.74) is 1.53. The molecule has 3 amide bonds. The molecule has 1 N–H and O–H groups in total. The first-order chi connectivity index (χ1) is 15.3. The van der Waals surface area contributed by atoms with Gasteiger partial charge in [0.1, 0.15) is 5.76 Å². The van der Waals surface area contributed by atoms with Crippen LogP contribution < -0.4 is 5.32 Å². The highest BCUT2D eigenvalue weighted by molar-refractivity contribution is 6.31. The van der Waals surface area contributed by atoms with Crippen molar-refractivity contribution in [2.75, 3.05) is 11.9 Å². The predicted octanol–water partition coefficient (Wildman–Crippen LogP) is 3.83. The van der Waals surface area contributed by atoms with Gasteiger partial charge in [-0.15, -0.1) is 0 Å². The summed E-state index contributed by atoms with van der Waals surface area (Å²) in [5, 5.41) is 3.12. The molecule has 0 saturated heterocycles. The van der Waals surface area contributed by atoms with Crippen LogP contribution >= 0.6 is 11.6 Å². The number of halogens is 1. The molecule has 0 unspecified atom stereocenters. The average Bonchev–Trinajstić information content (AvgIpc) is 3.38. The molecule has 3 aromatic rings. The molecule has 0 bridgehead atoms. The molecule has 0 saturated carbocycles. The van der Waals surface area contributed by atoms with Crippen molar-refractivity contribution in [3.8, 4) is 0 Å². The van der Waals surface area contributed by atoms with Gasteiger partial charge in [-0.05, 0) is 55.0 Å². The van der Waals surface area contributed by atoms with E-state index in [1.807, 2.05) is 0 Å². The van der Waals surface area contributed by atoms with Gasteiger partial charge in [0.2, 0.25) is 0 Å². The van der Waals surface area contributed by atoms with E-state index in [1.54, 1.807) is 37.3 Å². The molecular weight excluding hydrogens is 436 g/mol. The number of anilines is 1. The molecule has 32 heavy (non-hydrogen) atoms. The van der Waals surface area contributed by atoms with E-state index in [0.717, 1.165) is 4.90 Å². The number of hydrogen-bond donors (Lipinski definition) is 1. The minimum absolute atomic E-state index is 0.0117. The second-order valence-corrected chi connectivity index (χ2v) is 7.48. The minimum atomic E-state index is -0.796. The molecule has 0 atom stereocenters. The van der Waals surface area contributed by atoms with Gasteiger partial charge in [0.15, 0.2) is 6.61 Å². The molecular formula is C23H17ClN2O6. The highest BCUT2D eigenvalue weighted by Gasteiger charge is 2.36. The Morgan fingerprint density at radius 3 is 2.59 bits per heavy atom. The Morgan fingerprint density at radius 2 is 1.84 bits per heavy atom. The van der Waals surface area contributed by atoms with Gasteiger partial charge >= 0.3 is 5.97 Å². The third-order valence-electron chi connectivity index (χ3n) is 4.98. The molecule has 0 radical (unpaired) electrons. The van der Waals surface area contributed by atoms with Crippen molar-refractivity contribution in [2.45, 2.75) is 13.5 Å². The lowest BCUT2D eigenvalue weighted by Gasteiger charge is -2.11. The molecule has 1 aromatic heterocycles. The van der Waals surface area contributed by atoms with Crippen molar-refractivity contribution in [3.05, 3.63) is 87.8 Å². The van der Waals surface area contributed by atoms with E-state index in [4.69, 9.17) is 20.8 Å². The van der Waals surface area contributed by atoms with Crippen LogP contribution in [0.2, 0.25) is 5.02 Å². The van der Waals surface area contributed by atoms with Gasteiger partial charge in [0, 0.05) is 10.7 Å². The maximum Gasteiger partial charge on any atom is 0.338 e. The number of carbonyl (C=O) groups excluding carboxylic acids is 4. The number of furan rings is 1. The summed E-state index contributed by atoms with van der Waals surface area (Å²) in [7, 11) is 0. The zero-order chi connectivity index (χ0) is 22.8. The number of hydrogen-bond acceptors (Lipinski definition) is 6. The van der Waals surface area contributed by atoms with Crippen molar-refractivity contribution in [2.24, 2.45) is 0 Å². The Bertz CT molecular complexity index is 1240. The van der Waals surface area contributed by atoms with Crippen LogP contribution in [0.1, 0.15) is 42.4 Å². The smallest absolute Gasteiger partial charge is 0.338 e. The molecule has 1 aliphatic rings. The maximum atomic E-state index is 12.7. The highest BCUT2D eigenvalue weighted by Crippen LogP contribution is 2.26. The van der Waals surface area contributed by atoms with Gasteiger partial charge in [-0.2, -0.15) is 0 Å². The second-order valence-electron chi connectivity index (χ2n) is 7.07. The van der Waals surface area contributed by atoms with Crippen LogP contribution in [0.3, 0.4) is 0 Å². The topological polar surface area (TPSA) is 106 Å². The van der Waals surface area contributed by atoms with Crippen LogP contribution in [0.5, 0.6) is 0 Å². The Hall–Kier alpha value is -3.91. The number of imide groups is 1. The van der Waals surface area contributed by atoms with E-state index < -0.39 is 30.3 Å². The number of benzene rings is 2. The monoisotopic (exact) mass is 452 g/mol. The van der Waals surface area contributed by atoms with Gasteiger partial charge in [-0.25, -0.2) is 4.79 Å². The van der Waals surface area contributed by atoms with E-state index in [9.17, 15) is 19.2 Å². The van der Waals surface area contributed by atoms with Gasteiger partial charge in [-0.3, -0.25) is 19.3 Å². The number of rotatable bonds is 6. The van der Waals surface area contributed by atoms with Crippen LogP contribution in [0.15, 0.2) is 59.2 Å². The number of carbonyl (C=O) groups is 4. The van der Waals surface area contributed by atoms with Crippen LogP contribution in [0, 0.1) is 6.92 Å². The normalized spacial score (nSPS) is 12.6. The van der Waals surface area contributed by atoms with Crippen molar-refractivity contribution in [1.29, 1.82) is 0 Å². The van der Waals surface area contributed by atoms with Crippen molar-refractivity contribution in [1.82, 2.24) is 4.90 Å². The SMILES string of the molecule is Cc1c(Cl)cccc1NC(=O)COC(=O)c1ccc2c(c1)C(=O)N(Cc1ccco1)C2=O. The molecule has 0 fully saturated rings. The van der Waals surface area contributed by atoms with E-state index in [1.165, 1.54) is 24.5 Å². The van der Waals surface area contributed by atoms with Gasteiger partial charge < -0.3 is 14.5 Å². The molecule has 2 heterocycles. The quantitative estimate of drug-likeness (QED) is 0.450. The van der Waals surface area contributed by atoms with Gasteiger partial charge in [0.25, 0.3) is 17.7 Å². The van der Waals surface area contributed by atoms with Crippen LogP contribution in [-0.2, 0) is 16.1 Å². The van der Waals surface area contributed by atoms with E-state index in [-0.39, 0.29) is 23.2 Å². The fraction of sp³-hybridized carbons (Fsp3) is 0.130. The number of ether oxygens (including phenoxy) is 1. The third-order valence-corrected chi connectivity index (χ3v) is 5.39. The Morgan fingerprint density at radius 1 is 1.06 bits per heavy atom. The summed E-state index contributed by atoms with van der Waals surface area (Å²) < 4.78 is 10.3. The predicted molar refractivity (Wildman–Crippen MR) is 114 cm³/mol. The third kappa shape index (κ3) is 4.13.